The molecule has 0 aliphatic heterocycles. The van der Waals surface area contributed by atoms with Crippen LogP contribution in [0.5, 0.6) is 0 Å². The zero-order valence-corrected chi connectivity index (χ0v) is 11.6. The number of hydrogen-bond donors (Lipinski definition) is 2. The summed E-state index contributed by atoms with van der Waals surface area (Å²) < 4.78 is 0.847. The molecule has 0 aromatic heterocycles. The number of nitrogens with two attached hydrogens (primary N) is 1. The largest absolute Gasteiger partial charge is 0.410 e. The van der Waals surface area contributed by atoms with Crippen molar-refractivity contribution < 1.29 is 5.21 Å². The van der Waals surface area contributed by atoms with E-state index in [2.05, 4.69) is 21.1 Å². The Labute approximate surface area is 118 Å². The number of hydrogen-bond acceptors (Lipinski definition) is 3. The van der Waals surface area contributed by atoms with E-state index in [-0.39, 0.29) is 0 Å². The quantitative estimate of drug-likeness (QED) is 0.380. The van der Waals surface area contributed by atoms with E-state index in [0.717, 1.165) is 4.47 Å². The summed E-state index contributed by atoms with van der Waals surface area (Å²) in [7, 11) is 0. The Morgan fingerprint density at radius 1 is 1.17 bits per heavy atom. The van der Waals surface area contributed by atoms with Crippen LogP contribution in [0.4, 0.5) is 5.69 Å². The van der Waals surface area contributed by atoms with Gasteiger partial charge in [0.05, 0.1) is 5.02 Å². The molecule has 0 saturated heterocycles. The Kier molecular flexibility index (Phi) is 3.89. The van der Waals surface area contributed by atoms with E-state index in [1.54, 1.807) is 24.3 Å². The second-order valence-electron chi connectivity index (χ2n) is 3.66. The molecule has 2 rings (SSSR count). The summed E-state index contributed by atoms with van der Waals surface area (Å²) in [5, 5.41) is 13.1. The van der Waals surface area contributed by atoms with E-state index in [0.29, 0.717) is 27.5 Å². The first-order chi connectivity index (χ1) is 8.63. The predicted octanol–water partition coefficient (Wildman–Crippen LogP) is 3.91. The van der Waals surface area contributed by atoms with Gasteiger partial charge < -0.3 is 10.9 Å². The van der Waals surface area contributed by atoms with Crippen LogP contribution in [0.2, 0.25) is 5.02 Å². The van der Waals surface area contributed by atoms with Crippen LogP contribution in [0.3, 0.4) is 0 Å². The molecule has 0 amide bonds. The molecule has 5 heteroatoms. The van der Waals surface area contributed by atoms with Crippen molar-refractivity contribution >= 4 is 38.9 Å². The Balaban J connectivity index is 2.60. The number of rotatable bonds is 2. The maximum absolute atomic E-state index is 9.23. The summed E-state index contributed by atoms with van der Waals surface area (Å²) in [5.41, 5.74) is 8.02. The van der Waals surface area contributed by atoms with Gasteiger partial charge in [-0.3, -0.25) is 0 Å². The monoisotopic (exact) mass is 324 g/mol. The van der Waals surface area contributed by atoms with Crippen LogP contribution < -0.4 is 5.73 Å². The minimum atomic E-state index is 0.347. The molecular weight excluding hydrogens is 316 g/mol. The molecule has 0 radical (unpaired) electrons. The highest BCUT2D eigenvalue weighted by Crippen LogP contribution is 2.25. The lowest BCUT2D eigenvalue weighted by Gasteiger charge is -2.10. The minimum Gasteiger partial charge on any atom is -0.410 e. The summed E-state index contributed by atoms with van der Waals surface area (Å²) in [6, 6.07) is 12.5. The second-order valence-corrected chi connectivity index (χ2v) is 4.98. The second kappa shape index (κ2) is 5.42. The first-order valence-corrected chi connectivity index (χ1v) is 6.33. The fourth-order valence-electron chi connectivity index (χ4n) is 1.64. The van der Waals surface area contributed by atoms with Crippen molar-refractivity contribution in [3.8, 4) is 0 Å². The van der Waals surface area contributed by atoms with Gasteiger partial charge in [0.2, 0.25) is 0 Å². The number of benzene rings is 2. The van der Waals surface area contributed by atoms with E-state index in [9.17, 15) is 5.21 Å². The number of nitrogens with zero attached hydrogens (tertiary/aromatic N) is 1. The SMILES string of the molecule is Nc1ccc(Br)cc1/C(=N\O)c1ccccc1Cl. The molecule has 2 aromatic carbocycles. The lowest BCUT2D eigenvalue weighted by molar-refractivity contribution is 0.319. The van der Waals surface area contributed by atoms with Gasteiger partial charge in [0, 0.05) is 21.3 Å². The molecule has 92 valence electrons. The van der Waals surface area contributed by atoms with Gasteiger partial charge in [-0.2, -0.15) is 0 Å². The summed E-state index contributed by atoms with van der Waals surface area (Å²) in [5.74, 6) is 0. The fraction of sp³-hybridized carbons (Fsp3) is 0. The first kappa shape index (κ1) is 12.9. The van der Waals surface area contributed by atoms with Gasteiger partial charge in [-0.1, -0.05) is 50.9 Å². The fourth-order valence-corrected chi connectivity index (χ4v) is 2.23. The molecule has 0 bridgehead atoms. The number of anilines is 1. The molecule has 0 spiro atoms. The van der Waals surface area contributed by atoms with Crippen LogP contribution in [-0.2, 0) is 0 Å². The smallest absolute Gasteiger partial charge is 0.120 e. The molecule has 0 unspecified atom stereocenters. The number of halogens is 2. The van der Waals surface area contributed by atoms with Crippen molar-refractivity contribution in [2.75, 3.05) is 5.73 Å². The summed E-state index contributed by atoms with van der Waals surface area (Å²) in [6.07, 6.45) is 0. The highest BCUT2D eigenvalue weighted by Gasteiger charge is 2.14. The topological polar surface area (TPSA) is 58.6 Å². The Morgan fingerprint density at radius 2 is 1.89 bits per heavy atom. The molecule has 0 atom stereocenters. The van der Waals surface area contributed by atoms with Gasteiger partial charge in [0.25, 0.3) is 0 Å². The average molecular weight is 326 g/mol. The maximum atomic E-state index is 9.23. The first-order valence-electron chi connectivity index (χ1n) is 5.16. The highest BCUT2D eigenvalue weighted by molar-refractivity contribution is 9.10. The molecule has 0 heterocycles. The molecule has 3 nitrogen and oxygen atoms in total. The van der Waals surface area contributed by atoms with E-state index < -0.39 is 0 Å². The highest BCUT2D eigenvalue weighted by atomic mass is 79.9. The molecule has 3 N–H and O–H groups in total. The Hall–Kier alpha value is -1.52. The van der Waals surface area contributed by atoms with Crippen molar-refractivity contribution in [3.63, 3.8) is 0 Å². The molecule has 2 aromatic rings. The molecule has 18 heavy (non-hydrogen) atoms. The third-order valence-corrected chi connectivity index (χ3v) is 3.32. The third-order valence-electron chi connectivity index (χ3n) is 2.50. The van der Waals surface area contributed by atoms with Gasteiger partial charge in [0.15, 0.2) is 0 Å². The van der Waals surface area contributed by atoms with Gasteiger partial charge in [-0.25, -0.2) is 0 Å². The third kappa shape index (κ3) is 2.49. The molecule has 0 aliphatic carbocycles. The molecule has 0 saturated carbocycles. The van der Waals surface area contributed by atoms with Crippen LogP contribution in [0.15, 0.2) is 52.1 Å². The molecule has 0 aliphatic rings. The van der Waals surface area contributed by atoms with Crippen LogP contribution in [0.1, 0.15) is 11.1 Å². The van der Waals surface area contributed by atoms with E-state index >= 15 is 0 Å². The van der Waals surface area contributed by atoms with E-state index in [1.807, 2.05) is 18.2 Å². The van der Waals surface area contributed by atoms with Gasteiger partial charge in [0.1, 0.15) is 5.71 Å². The van der Waals surface area contributed by atoms with Gasteiger partial charge in [-0.05, 0) is 24.3 Å². The van der Waals surface area contributed by atoms with Crippen molar-refractivity contribution in [1.29, 1.82) is 0 Å². The molecular formula is C13H10BrClN2O. The predicted molar refractivity (Wildman–Crippen MR) is 77.4 cm³/mol. The normalized spacial score (nSPS) is 11.6. The van der Waals surface area contributed by atoms with Crippen molar-refractivity contribution in [2.24, 2.45) is 5.16 Å². The molecule has 0 fully saturated rings. The summed E-state index contributed by atoms with van der Waals surface area (Å²) in [6.45, 7) is 0. The van der Waals surface area contributed by atoms with Crippen molar-refractivity contribution in [1.82, 2.24) is 0 Å². The van der Waals surface area contributed by atoms with Gasteiger partial charge >= 0.3 is 0 Å². The maximum Gasteiger partial charge on any atom is 0.120 e. The minimum absolute atomic E-state index is 0.347. The van der Waals surface area contributed by atoms with E-state index in [1.165, 1.54) is 0 Å². The van der Waals surface area contributed by atoms with Crippen LogP contribution in [-0.4, -0.2) is 10.9 Å². The number of nitrogen functional groups attached to an aromatic ring is 1. The van der Waals surface area contributed by atoms with E-state index in [4.69, 9.17) is 17.3 Å². The van der Waals surface area contributed by atoms with Crippen molar-refractivity contribution in [3.05, 3.63) is 63.1 Å². The zero-order valence-electron chi connectivity index (χ0n) is 9.27. The zero-order chi connectivity index (χ0) is 13.1. The lowest BCUT2D eigenvalue weighted by atomic mass is 10.0. The van der Waals surface area contributed by atoms with Crippen LogP contribution in [0.25, 0.3) is 0 Å². The Morgan fingerprint density at radius 3 is 2.56 bits per heavy atom. The van der Waals surface area contributed by atoms with Crippen LogP contribution >= 0.6 is 27.5 Å². The average Bonchev–Trinajstić information content (AvgIpc) is 2.36. The number of oxime groups is 1. The summed E-state index contributed by atoms with van der Waals surface area (Å²) >= 11 is 9.45. The Bertz CT molecular complexity index is 614. The van der Waals surface area contributed by atoms with Gasteiger partial charge in [-0.15, -0.1) is 0 Å². The lowest BCUT2D eigenvalue weighted by Crippen LogP contribution is -2.07. The standard InChI is InChI=1S/C13H10BrClN2O/c14-8-5-6-12(16)10(7-8)13(17-18)9-3-1-2-4-11(9)15/h1-7,18H,16H2/b17-13-. The van der Waals surface area contributed by atoms with Crippen LogP contribution in [0, 0.1) is 0 Å². The summed E-state index contributed by atoms with van der Waals surface area (Å²) in [4.78, 5) is 0. The van der Waals surface area contributed by atoms with Crippen molar-refractivity contribution in [2.45, 2.75) is 0 Å².